The zero-order valence-electron chi connectivity index (χ0n) is 18.6. The number of amides is 5. The molecule has 15 heteroatoms. The minimum atomic E-state index is -4.89. The summed E-state index contributed by atoms with van der Waals surface area (Å²) in [5, 5.41) is 3.23. The number of hydrazine groups is 1. The Hall–Kier alpha value is -2.65. The summed E-state index contributed by atoms with van der Waals surface area (Å²) >= 11 is 0. The van der Waals surface area contributed by atoms with Gasteiger partial charge in [0.15, 0.2) is 0 Å². The first-order valence-corrected chi connectivity index (χ1v) is 12.0. The average molecular weight is 492 g/mol. The van der Waals surface area contributed by atoms with Crippen LogP contribution in [0.5, 0.6) is 0 Å². The number of nitrogens with one attached hydrogen (secondary N) is 3. The van der Waals surface area contributed by atoms with Gasteiger partial charge in [0.1, 0.15) is 11.6 Å². The molecule has 2 saturated heterocycles. The average Bonchev–Trinajstić information content (AvgIpc) is 3.22. The first-order chi connectivity index (χ1) is 15.2. The molecule has 1 saturated carbocycles. The monoisotopic (exact) mass is 491 g/mol. The minimum Gasteiger partial charge on any atom is -0.444 e. The summed E-state index contributed by atoms with van der Waals surface area (Å²) in [7, 11) is -4.89. The molecular formula is C18H29N5O9S. The second-order valence-corrected chi connectivity index (χ2v) is 10.3. The molecule has 0 unspecified atom stereocenters. The van der Waals surface area contributed by atoms with Crippen molar-refractivity contribution in [1.29, 1.82) is 0 Å². The van der Waals surface area contributed by atoms with Crippen molar-refractivity contribution in [2.75, 3.05) is 6.54 Å². The highest BCUT2D eigenvalue weighted by molar-refractivity contribution is 7.80. The van der Waals surface area contributed by atoms with Crippen LogP contribution in [-0.4, -0.2) is 77.1 Å². The number of hydrogen-bond acceptors (Lipinski definition) is 8. The molecule has 5 amide bonds. The van der Waals surface area contributed by atoms with Crippen LogP contribution in [0.1, 0.15) is 52.9 Å². The van der Waals surface area contributed by atoms with Gasteiger partial charge in [0, 0.05) is 12.6 Å². The van der Waals surface area contributed by atoms with Crippen LogP contribution < -0.4 is 16.2 Å². The number of fused-ring (bicyclic) bond motifs is 2. The highest BCUT2D eigenvalue weighted by Gasteiger charge is 2.49. The van der Waals surface area contributed by atoms with E-state index in [4.69, 9.17) is 9.29 Å². The third-order valence-corrected chi connectivity index (χ3v) is 6.01. The minimum absolute atomic E-state index is 0.0326. The Morgan fingerprint density at radius 3 is 2.36 bits per heavy atom. The molecule has 33 heavy (non-hydrogen) atoms. The Labute approximate surface area is 191 Å². The highest BCUT2D eigenvalue weighted by atomic mass is 32.3. The zero-order chi connectivity index (χ0) is 24.6. The quantitative estimate of drug-likeness (QED) is 0.299. The summed E-state index contributed by atoms with van der Waals surface area (Å²) in [6.45, 7) is 5.22. The summed E-state index contributed by atoms with van der Waals surface area (Å²) in [5.74, 6) is -1.71. The van der Waals surface area contributed by atoms with Crippen molar-refractivity contribution in [3.05, 3.63) is 0 Å². The number of carbonyl (C=O) groups is 4. The van der Waals surface area contributed by atoms with Gasteiger partial charge in [-0.15, -0.1) is 4.28 Å². The van der Waals surface area contributed by atoms with Crippen LogP contribution in [0.4, 0.5) is 9.59 Å². The largest absolute Gasteiger partial charge is 0.444 e. The lowest BCUT2D eigenvalue weighted by atomic mass is 10.0. The van der Waals surface area contributed by atoms with E-state index < -0.39 is 64.0 Å². The number of carbonyl (C=O) groups excluding carboxylic acids is 4. The molecule has 3 rings (SSSR count). The van der Waals surface area contributed by atoms with Crippen molar-refractivity contribution < 1.29 is 41.2 Å². The van der Waals surface area contributed by atoms with Crippen molar-refractivity contribution in [2.24, 2.45) is 5.92 Å². The molecule has 2 bridgehead atoms. The zero-order valence-corrected chi connectivity index (χ0v) is 19.4. The highest BCUT2D eigenvalue weighted by Crippen LogP contribution is 2.31. The van der Waals surface area contributed by atoms with Gasteiger partial charge in [0.25, 0.3) is 5.91 Å². The molecule has 2 aliphatic heterocycles. The number of ether oxygens (including phenoxy) is 1. The van der Waals surface area contributed by atoms with E-state index in [-0.39, 0.29) is 19.4 Å². The summed E-state index contributed by atoms with van der Waals surface area (Å²) in [6, 6.07) is -2.91. The van der Waals surface area contributed by atoms with Crippen LogP contribution in [0.25, 0.3) is 0 Å². The maximum Gasteiger partial charge on any atom is 0.418 e. The van der Waals surface area contributed by atoms with E-state index in [1.54, 1.807) is 20.8 Å². The van der Waals surface area contributed by atoms with Gasteiger partial charge >= 0.3 is 22.5 Å². The molecule has 2 heterocycles. The Bertz CT molecular complexity index is 919. The van der Waals surface area contributed by atoms with Crippen molar-refractivity contribution in [2.45, 2.75) is 76.6 Å². The first kappa shape index (κ1) is 25.0. The van der Waals surface area contributed by atoms with Gasteiger partial charge in [-0.25, -0.2) is 9.59 Å². The Balaban J connectivity index is 1.53. The van der Waals surface area contributed by atoms with Gasteiger partial charge in [0.2, 0.25) is 5.91 Å². The number of alkyl carbamates (subject to hydrolysis) is 1. The molecular weight excluding hydrogens is 462 g/mol. The summed E-state index contributed by atoms with van der Waals surface area (Å²) in [6.07, 6.45) is 1.64. The second-order valence-electron chi connectivity index (χ2n) is 9.28. The number of hydroxylamine groups is 2. The Morgan fingerprint density at radius 1 is 1.06 bits per heavy atom. The number of rotatable bonds is 5. The van der Waals surface area contributed by atoms with E-state index in [0.29, 0.717) is 24.3 Å². The van der Waals surface area contributed by atoms with Gasteiger partial charge in [-0.3, -0.25) is 25.0 Å². The number of piperidine rings is 1. The van der Waals surface area contributed by atoms with Gasteiger partial charge in [0.05, 0.1) is 12.0 Å². The normalized spacial score (nSPS) is 27.3. The molecule has 3 fully saturated rings. The van der Waals surface area contributed by atoms with E-state index in [9.17, 15) is 27.6 Å². The molecule has 3 aliphatic rings. The topological polar surface area (TPSA) is 184 Å². The molecule has 14 nitrogen and oxygen atoms in total. The number of urea groups is 1. The van der Waals surface area contributed by atoms with E-state index in [2.05, 4.69) is 20.5 Å². The fraction of sp³-hybridized carbons (Fsp3) is 0.778. The van der Waals surface area contributed by atoms with Gasteiger partial charge < -0.3 is 15.0 Å². The summed E-state index contributed by atoms with van der Waals surface area (Å²) in [5.41, 5.74) is 3.97. The number of nitrogens with zero attached hydrogens (tertiary/aromatic N) is 2. The van der Waals surface area contributed by atoms with Crippen LogP contribution in [0.2, 0.25) is 0 Å². The van der Waals surface area contributed by atoms with E-state index >= 15 is 0 Å². The Kier molecular flexibility index (Phi) is 7.04. The third kappa shape index (κ3) is 6.23. The van der Waals surface area contributed by atoms with Crippen LogP contribution in [0, 0.1) is 5.92 Å². The van der Waals surface area contributed by atoms with Gasteiger partial charge in [-0.1, -0.05) is 6.42 Å². The predicted octanol–water partition coefficient (Wildman–Crippen LogP) is -0.170. The van der Waals surface area contributed by atoms with Crippen LogP contribution in [0.15, 0.2) is 0 Å². The SMILES string of the molecule is CC(C)(C)OC(=O)N[C@@H]1CCC[C@H]1C(=O)NNC(=O)[C@@H]1CC[C@@H]2CN1C(=O)N2OS(=O)(=O)O. The first-order valence-electron chi connectivity index (χ1n) is 10.6. The van der Waals surface area contributed by atoms with E-state index in [1.807, 2.05) is 0 Å². The van der Waals surface area contributed by atoms with Crippen molar-refractivity contribution in [1.82, 2.24) is 26.1 Å². The molecule has 0 radical (unpaired) electrons. The van der Waals surface area contributed by atoms with Gasteiger partial charge in [-0.05, 0) is 46.5 Å². The predicted molar refractivity (Wildman–Crippen MR) is 110 cm³/mol. The fourth-order valence-corrected chi connectivity index (χ4v) is 4.70. The third-order valence-electron chi connectivity index (χ3n) is 5.66. The number of hydrogen-bond donors (Lipinski definition) is 4. The van der Waals surface area contributed by atoms with Crippen LogP contribution in [0.3, 0.4) is 0 Å². The smallest absolute Gasteiger partial charge is 0.418 e. The molecule has 0 spiro atoms. The maximum absolute atomic E-state index is 12.6. The van der Waals surface area contributed by atoms with Gasteiger partial charge in [-0.2, -0.15) is 13.5 Å². The molecule has 4 N–H and O–H groups in total. The lowest BCUT2D eigenvalue weighted by Crippen LogP contribution is -2.56. The molecule has 0 aromatic heterocycles. The maximum atomic E-state index is 12.6. The fourth-order valence-electron chi connectivity index (χ4n) is 4.31. The van der Waals surface area contributed by atoms with Crippen molar-refractivity contribution in [3.63, 3.8) is 0 Å². The lowest BCUT2D eigenvalue weighted by Gasteiger charge is -2.29. The van der Waals surface area contributed by atoms with Crippen molar-refractivity contribution in [3.8, 4) is 0 Å². The van der Waals surface area contributed by atoms with Crippen LogP contribution in [-0.2, 0) is 29.0 Å². The molecule has 0 aromatic rings. The summed E-state index contributed by atoms with van der Waals surface area (Å²) in [4.78, 5) is 50.8. The van der Waals surface area contributed by atoms with Crippen LogP contribution >= 0.6 is 0 Å². The molecule has 0 aromatic carbocycles. The lowest BCUT2D eigenvalue weighted by molar-refractivity contribution is -0.133. The van der Waals surface area contributed by atoms with E-state index in [0.717, 1.165) is 4.90 Å². The molecule has 4 atom stereocenters. The second kappa shape index (κ2) is 9.30. The Morgan fingerprint density at radius 2 is 1.73 bits per heavy atom. The van der Waals surface area contributed by atoms with E-state index in [1.165, 1.54) is 0 Å². The standard InChI is InChI=1S/C18H29N5O9S/c1-18(2,3)31-16(26)19-12-6-4-5-11(12)14(24)20-21-15(25)13-8-7-10-9-22(13)17(27)23(10)32-33(28,29)30/h10-13H,4-9H2,1-3H3,(H,19,26)(H,20,24)(H,21,25)(H,28,29,30)/t10-,11-,12-,13+/m1/s1. The molecule has 186 valence electrons. The molecule has 1 aliphatic carbocycles. The summed E-state index contributed by atoms with van der Waals surface area (Å²) < 4.78 is 40.3. The van der Waals surface area contributed by atoms with Crippen molar-refractivity contribution >= 4 is 34.3 Å².